The van der Waals surface area contributed by atoms with Crippen LogP contribution in [-0.2, 0) is 0 Å². The fraction of sp³-hybridized carbons (Fsp3) is 0.222. The Morgan fingerprint density at radius 1 is 1.61 bits per heavy atom. The van der Waals surface area contributed by atoms with Crippen molar-refractivity contribution in [3.63, 3.8) is 0 Å². The molecule has 0 bridgehead atoms. The average molecular weight is 268 g/mol. The van der Waals surface area contributed by atoms with Crippen LogP contribution in [0, 0.1) is 0 Å². The summed E-state index contributed by atoms with van der Waals surface area (Å²) in [4.78, 5) is 15.7. The van der Waals surface area contributed by atoms with Crippen LogP contribution in [0.1, 0.15) is 29.1 Å². The number of pyridine rings is 1. The quantitative estimate of drug-likeness (QED) is 0.688. The molecule has 0 aliphatic heterocycles. The van der Waals surface area contributed by atoms with Gasteiger partial charge >= 0.3 is 0 Å². The second-order valence-corrected chi connectivity index (χ2v) is 3.93. The van der Waals surface area contributed by atoms with Gasteiger partial charge in [0.05, 0.1) is 23.5 Å². The second kappa shape index (κ2) is 4.96. The molecule has 0 fully saturated rings. The summed E-state index contributed by atoms with van der Waals surface area (Å²) in [6, 6.07) is 1.04. The van der Waals surface area contributed by atoms with Gasteiger partial charge in [-0.3, -0.25) is 4.79 Å². The number of amides is 1. The van der Waals surface area contributed by atoms with Gasteiger partial charge in [0.2, 0.25) is 0 Å². The third kappa shape index (κ3) is 2.54. The van der Waals surface area contributed by atoms with Crippen molar-refractivity contribution in [3.05, 3.63) is 28.8 Å². The standard InChI is InChI=1S/C9H10ClN7O/c1-4(8-14-16-17-15-8)13-9(18)6-2-5(11)3-12-7(6)10/h2-4H,11H2,1H3,(H,13,18)(H,14,15,16,17). The first-order valence-corrected chi connectivity index (χ1v) is 5.41. The Morgan fingerprint density at radius 2 is 2.39 bits per heavy atom. The van der Waals surface area contributed by atoms with E-state index in [2.05, 4.69) is 30.9 Å². The van der Waals surface area contributed by atoms with E-state index in [1.54, 1.807) is 6.92 Å². The highest BCUT2D eigenvalue weighted by atomic mass is 35.5. The largest absolute Gasteiger partial charge is 0.397 e. The molecule has 94 valence electrons. The maximum atomic E-state index is 11.9. The lowest BCUT2D eigenvalue weighted by atomic mass is 10.2. The lowest BCUT2D eigenvalue weighted by Gasteiger charge is -2.10. The number of nitrogens with one attached hydrogen (secondary N) is 2. The lowest BCUT2D eigenvalue weighted by molar-refractivity contribution is 0.0938. The zero-order valence-electron chi connectivity index (χ0n) is 9.38. The first-order valence-electron chi connectivity index (χ1n) is 5.03. The molecule has 0 aliphatic rings. The van der Waals surface area contributed by atoms with Gasteiger partial charge in [-0.1, -0.05) is 16.8 Å². The molecular formula is C9H10ClN7O. The van der Waals surface area contributed by atoms with Crippen LogP contribution < -0.4 is 11.1 Å². The number of hydrogen-bond acceptors (Lipinski definition) is 6. The predicted molar refractivity (Wildman–Crippen MR) is 63.7 cm³/mol. The molecule has 0 aliphatic carbocycles. The van der Waals surface area contributed by atoms with E-state index in [0.717, 1.165) is 0 Å². The molecule has 0 radical (unpaired) electrons. The molecule has 1 atom stereocenters. The summed E-state index contributed by atoms with van der Waals surface area (Å²) in [5.41, 5.74) is 6.11. The number of nitrogens with zero attached hydrogens (tertiary/aromatic N) is 4. The molecule has 0 aromatic carbocycles. The van der Waals surface area contributed by atoms with Crippen molar-refractivity contribution in [2.45, 2.75) is 13.0 Å². The van der Waals surface area contributed by atoms with Crippen molar-refractivity contribution in [2.24, 2.45) is 0 Å². The molecule has 8 nitrogen and oxygen atoms in total. The molecule has 0 saturated carbocycles. The maximum Gasteiger partial charge on any atom is 0.255 e. The molecule has 9 heteroatoms. The van der Waals surface area contributed by atoms with Crippen molar-refractivity contribution >= 4 is 23.2 Å². The number of halogens is 1. The Hall–Kier alpha value is -2.22. The van der Waals surface area contributed by atoms with E-state index in [9.17, 15) is 4.79 Å². The predicted octanol–water partition coefficient (Wildman–Crippen LogP) is 0.321. The number of aromatic amines is 1. The fourth-order valence-electron chi connectivity index (χ4n) is 1.32. The smallest absolute Gasteiger partial charge is 0.255 e. The summed E-state index contributed by atoms with van der Waals surface area (Å²) < 4.78 is 0. The topological polar surface area (TPSA) is 122 Å². The number of hydrogen-bond donors (Lipinski definition) is 3. The van der Waals surface area contributed by atoms with Gasteiger partial charge in [-0.15, -0.1) is 10.2 Å². The Labute approximate surface area is 107 Å². The van der Waals surface area contributed by atoms with Gasteiger partial charge in [0, 0.05) is 0 Å². The van der Waals surface area contributed by atoms with Crippen LogP contribution in [0.25, 0.3) is 0 Å². The van der Waals surface area contributed by atoms with E-state index in [4.69, 9.17) is 17.3 Å². The van der Waals surface area contributed by atoms with Crippen LogP contribution in [0.15, 0.2) is 12.3 Å². The van der Waals surface area contributed by atoms with Crippen LogP contribution >= 0.6 is 11.6 Å². The van der Waals surface area contributed by atoms with Crippen LogP contribution in [-0.4, -0.2) is 31.5 Å². The maximum absolute atomic E-state index is 11.9. The minimum absolute atomic E-state index is 0.0852. The van der Waals surface area contributed by atoms with Crippen LogP contribution in [0.3, 0.4) is 0 Å². The van der Waals surface area contributed by atoms with Crippen molar-refractivity contribution in [2.75, 3.05) is 5.73 Å². The molecule has 2 rings (SSSR count). The SMILES string of the molecule is CC(NC(=O)c1cc(N)cnc1Cl)c1nn[nH]n1. The first kappa shape index (κ1) is 12.2. The Kier molecular flexibility index (Phi) is 3.38. The highest BCUT2D eigenvalue weighted by Crippen LogP contribution is 2.16. The average Bonchev–Trinajstić information content (AvgIpc) is 2.85. The zero-order valence-corrected chi connectivity index (χ0v) is 10.1. The lowest BCUT2D eigenvalue weighted by Crippen LogP contribution is -2.28. The zero-order chi connectivity index (χ0) is 13.1. The Bertz CT molecular complexity index is 556. The Balaban J connectivity index is 2.15. The van der Waals surface area contributed by atoms with Crippen molar-refractivity contribution in [3.8, 4) is 0 Å². The van der Waals surface area contributed by atoms with Gasteiger partial charge in [-0.2, -0.15) is 5.21 Å². The Morgan fingerprint density at radius 3 is 3.06 bits per heavy atom. The van der Waals surface area contributed by atoms with Crippen molar-refractivity contribution < 1.29 is 4.79 Å². The van der Waals surface area contributed by atoms with Crippen LogP contribution in [0.5, 0.6) is 0 Å². The molecule has 2 aromatic rings. The van der Waals surface area contributed by atoms with E-state index in [1.165, 1.54) is 12.3 Å². The number of H-pyrrole nitrogens is 1. The molecule has 1 amide bonds. The molecule has 0 spiro atoms. The van der Waals surface area contributed by atoms with E-state index < -0.39 is 11.9 Å². The van der Waals surface area contributed by atoms with Crippen LogP contribution in [0.2, 0.25) is 5.15 Å². The van der Waals surface area contributed by atoms with Gasteiger partial charge in [0.15, 0.2) is 5.82 Å². The highest BCUT2D eigenvalue weighted by molar-refractivity contribution is 6.32. The number of tetrazole rings is 1. The monoisotopic (exact) mass is 267 g/mol. The summed E-state index contributed by atoms with van der Waals surface area (Å²) in [7, 11) is 0. The third-order valence-electron chi connectivity index (χ3n) is 2.20. The first-order chi connectivity index (χ1) is 8.58. The van der Waals surface area contributed by atoms with Gasteiger partial charge in [-0.25, -0.2) is 4.98 Å². The minimum Gasteiger partial charge on any atom is -0.397 e. The van der Waals surface area contributed by atoms with E-state index in [1.807, 2.05) is 0 Å². The number of anilines is 1. The van der Waals surface area contributed by atoms with Gasteiger partial charge in [0.25, 0.3) is 5.91 Å². The highest BCUT2D eigenvalue weighted by Gasteiger charge is 2.17. The molecule has 18 heavy (non-hydrogen) atoms. The molecular weight excluding hydrogens is 258 g/mol. The van der Waals surface area contributed by atoms with E-state index >= 15 is 0 Å². The summed E-state index contributed by atoms with van der Waals surface area (Å²) >= 11 is 5.82. The number of carbonyl (C=O) groups excluding carboxylic acids is 1. The molecule has 4 N–H and O–H groups in total. The van der Waals surface area contributed by atoms with Gasteiger partial charge in [0.1, 0.15) is 5.15 Å². The van der Waals surface area contributed by atoms with E-state index in [0.29, 0.717) is 11.5 Å². The van der Waals surface area contributed by atoms with E-state index in [-0.39, 0.29) is 10.7 Å². The number of aromatic nitrogens is 5. The second-order valence-electron chi connectivity index (χ2n) is 3.57. The molecule has 1 unspecified atom stereocenters. The summed E-state index contributed by atoms with van der Waals surface area (Å²) in [6.45, 7) is 1.72. The van der Waals surface area contributed by atoms with Crippen LogP contribution in [0.4, 0.5) is 5.69 Å². The molecule has 0 saturated heterocycles. The molecule has 2 heterocycles. The van der Waals surface area contributed by atoms with Gasteiger partial charge in [-0.05, 0) is 13.0 Å². The van der Waals surface area contributed by atoms with Crippen molar-refractivity contribution in [1.29, 1.82) is 0 Å². The molecule has 2 aromatic heterocycles. The third-order valence-corrected chi connectivity index (χ3v) is 2.50. The summed E-state index contributed by atoms with van der Waals surface area (Å²) in [5, 5.41) is 16.0. The number of carbonyl (C=O) groups is 1. The number of nitrogen functional groups attached to an aromatic ring is 1. The number of rotatable bonds is 3. The normalized spacial score (nSPS) is 12.1. The van der Waals surface area contributed by atoms with Gasteiger partial charge < -0.3 is 11.1 Å². The number of nitrogens with two attached hydrogens (primary N) is 1. The minimum atomic E-state index is -0.409. The van der Waals surface area contributed by atoms with Crippen molar-refractivity contribution in [1.82, 2.24) is 30.9 Å². The summed E-state index contributed by atoms with van der Waals surface area (Å²) in [5.74, 6) is -0.0339. The fourth-order valence-corrected chi connectivity index (χ4v) is 1.50. The summed E-state index contributed by atoms with van der Waals surface area (Å²) in [6.07, 6.45) is 1.38.